The van der Waals surface area contributed by atoms with E-state index in [-0.39, 0.29) is 0 Å². The first-order chi connectivity index (χ1) is 18.6. The summed E-state index contributed by atoms with van der Waals surface area (Å²) < 4.78 is 2.83. The molecule has 0 radical (unpaired) electrons. The molecule has 0 aliphatic rings. The van der Waals surface area contributed by atoms with Gasteiger partial charge in [-0.05, 0) is 77.9 Å². The molecule has 0 spiro atoms. The zero-order valence-electron chi connectivity index (χ0n) is 23.5. The van der Waals surface area contributed by atoms with Crippen LogP contribution in [0.4, 0.5) is 0 Å². The maximum Gasteiger partial charge on any atom is 0.0541 e. The minimum absolute atomic E-state index is 0.810. The van der Waals surface area contributed by atoms with E-state index in [1.165, 1.54) is 105 Å². The van der Waals surface area contributed by atoms with Crippen LogP contribution in [-0.2, 0) is 12.8 Å². The highest BCUT2D eigenvalue weighted by molar-refractivity contribution is 7.27. The predicted molar refractivity (Wildman–Crippen MR) is 178 cm³/mol. The fourth-order valence-corrected chi connectivity index (χ4v) is 10.2. The lowest BCUT2D eigenvalue weighted by Crippen LogP contribution is -2.01. The van der Waals surface area contributed by atoms with Crippen molar-refractivity contribution in [2.24, 2.45) is 11.8 Å². The van der Waals surface area contributed by atoms with E-state index >= 15 is 0 Å². The summed E-state index contributed by atoms with van der Waals surface area (Å²) in [5, 5.41) is 5.05. The molecule has 0 nitrogen and oxygen atoms in total. The lowest BCUT2D eigenvalue weighted by atomic mass is 9.95. The minimum atomic E-state index is 0.810. The normalized spacial score (nSPS) is 13.6. The standard InChI is InChI=1S/C34H42S4/c1-5-9-11-23(7-3)19-26-13-15-29(36-26)33-28-22-31-25(17-18-35-31)21-32(28)38-34(33)30-16-14-27(37-30)20-24(8-4)12-10-6-2/h13-18,21-24H,5-12,19-20H2,1-4H3. The van der Waals surface area contributed by atoms with Crippen molar-refractivity contribution in [3.05, 3.63) is 57.6 Å². The number of hydrogen-bond donors (Lipinski definition) is 0. The van der Waals surface area contributed by atoms with E-state index in [0.717, 1.165) is 11.8 Å². The summed E-state index contributed by atoms with van der Waals surface area (Å²) in [6.07, 6.45) is 13.1. The first-order valence-corrected chi connectivity index (χ1v) is 18.1. The third kappa shape index (κ3) is 6.30. The van der Waals surface area contributed by atoms with Gasteiger partial charge in [0.05, 0.1) is 4.88 Å². The van der Waals surface area contributed by atoms with Gasteiger partial charge in [-0.25, -0.2) is 0 Å². The number of hydrogen-bond acceptors (Lipinski definition) is 4. The van der Waals surface area contributed by atoms with Crippen molar-refractivity contribution >= 4 is 65.5 Å². The maximum atomic E-state index is 2.46. The van der Waals surface area contributed by atoms with Crippen LogP contribution < -0.4 is 0 Å². The van der Waals surface area contributed by atoms with Gasteiger partial charge in [-0.1, -0.05) is 79.1 Å². The Morgan fingerprint density at radius 3 is 1.92 bits per heavy atom. The zero-order valence-corrected chi connectivity index (χ0v) is 26.7. The molecule has 0 saturated heterocycles. The Balaban J connectivity index is 1.51. The molecule has 0 N–H and O–H groups in total. The number of fused-ring (bicyclic) bond motifs is 2. The third-order valence-corrected chi connectivity index (χ3v) is 12.6. The average Bonchev–Trinajstić information content (AvgIpc) is 3.73. The van der Waals surface area contributed by atoms with Crippen LogP contribution in [0.25, 0.3) is 40.4 Å². The molecule has 5 aromatic rings. The van der Waals surface area contributed by atoms with Gasteiger partial charge in [-0.2, -0.15) is 0 Å². The maximum absolute atomic E-state index is 2.46. The van der Waals surface area contributed by atoms with Crippen LogP contribution in [0.3, 0.4) is 0 Å². The summed E-state index contributed by atoms with van der Waals surface area (Å²) in [5.41, 5.74) is 1.48. The van der Waals surface area contributed by atoms with Gasteiger partial charge in [0.1, 0.15) is 0 Å². The summed E-state index contributed by atoms with van der Waals surface area (Å²) in [7, 11) is 0. The molecule has 1 aromatic carbocycles. The molecule has 0 aliphatic heterocycles. The van der Waals surface area contributed by atoms with Crippen molar-refractivity contribution in [2.45, 2.75) is 91.9 Å². The molecule has 0 bridgehead atoms. The summed E-state index contributed by atoms with van der Waals surface area (Å²) >= 11 is 7.95. The first-order valence-electron chi connectivity index (χ1n) is 14.7. The minimum Gasteiger partial charge on any atom is -0.144 e. The average molecular weight is 579 g/mol. The van der Waals surface area contributed by atoms with Gasteiger partial charge in [0.2, 0.25) is 0 Å². The van der Waals surface area contributed by atoms with E-state index in [0.29, 0.717) is 0 Å². The second-order valence-corrected chi connectivity index (χ2v) is 15.2. The lowest BCUT2D eigenvalue weighted by molar-refractivity contribution is 0.452. The lowest BCUT2D eigenvalue weighted by Gasteiger charge is -2.12. The van der Waals surface area contributed by atoms with Gasteiger partial charge in [-0.3, -0.25) is 0 Å². The zero-order chi connectivity index (χ0) is 26.5. The van der Waals surface area contributed by atoms with Crippen molar-refractivity contribution in [1.29, 1.82) is 0 Å². The Labute approximate surface area is 245 Å². The predicted octanol–water partition coefficient (Wildman–Crippen LogP) is 13.1. The molecule has 0 amide bonds. The van der Waals surface area contributed by atoms with E-state index < -0.39 is 0 Å². The Hall–Kier alpha value is -1.46. The van der Waals surface area contributed by atoms with E-state index in [4.69, 9.17) is 0 Å². The Morgan fingerprint density at radius 1 is 0.658 bits per heavy atom. The van der Waals surface area contributed by atoms with Gasteiger partial charge in [0, 0.05) is 39.9 Å². The van der Waals surface area contributed by atoms with Gasteiger partial charge in [-0.15, -0.1) is 45.3 Å². The molecule has 4 heteroatoms. The number of benzene rings is 1. The van der Waals surface area contributed by atoms with Crippen molar-refractivity contribution < 1.29 is 0 Å². The fraction of sp³-hybridized carbons (Fsp3) is 0.471. The van der Waals surface area contributed by atoms with Gasteiger partial charge in [0.15, 0.2) is 0 Å². The van der Waals surface area contributed by atoms with Crippen molar-refractivity contribution in [3.63, 3.8) is 0 Å². The highest BCUT2D eigenvalue weighted by atomic mass is 32.1. The topological polar surface area (TPSA) is 0 Å². The van der Waals surface area contributed by atoms with Crippen LogP contribution in [0.2, 0.25) is 0 Å². The molecule has 2 unspecified atom stereocenters. The number of unbranched alkanes of at least 4 members (excludes halogenated alkanes) is 2. The largest absolute Gasteiger partial charge is 0.144 e. The van der Waals surface area contributed by atoms with Gasteiger partial charge >= 0.3 is 0 Å². The third-order valence-electron chi connectivity index (χ3n) is 8.12. The van der Waals surface area contributed by atoms with Crippen LogP contribution in [-0.4, -0.2) is 0 Å². The smallest absolute Gasteiger partial charge is 0.0541 e. The molecule has 0 aliphatic carbocycles. The summed E-state index contributed by atoms with van der Waals surface area (Å²) in [4.78, 5) is 7.49. The molecule has 202 valence electrons. The van der Waals surface area contributed by atoms with Crippen molar-refractivity contribution in [3.8, 4) is 20.2 Å². The fourth-order valence-electron chi connectivity index (χ4n) is 5.66. The molecule has 0 saturated carbocycles. The molecule has 4 aromatic heterocycles. The second kappa shape index (κ2) is 13.3. The quantitative estimate of drug-likeness (QED) is 0.123. The number of thiophene rings is 4. The van der Waals surface area contributed by atoms with Crippen molar-refractivity contribution in [2.75, 3.05) is 0 Å². The highest BCUT2D eigenvalue weighted by Gasteiger charge is 2.21. The van der Waals surface area contributed by atoms with Crippen LogP contribution in [0.15, 0.2) is 47.8 Å². The Bertz CT molecular complexity index is 1440. The highest BCUT2D eigenvalue weighted by Crippen LogP contribution is 2.50. The molecular weight excluding hydrogens is 537 g/mol. The van der Waals surface area contributed by atoms with Crippen molar-refractivity contribution in [1.82, 2.24) is 0 Å². The molecule has 38 heavy (non-hydrogen) atoms. The first kappa shape index (κ1) is 28.1. The Morgan fingerprint density at radius 2 is 1.29 bits per heavy atom. The molecule has 0 fully saturated rings. The van der Waals surface area contributed by atoms with Gasteiger partial charge < -0.3 is 0 Å². The van der Waals surface area contributed by atoms with Crippen LogP contribution in [0.5, 0.6) is 0 Å². The van der Waals surface area contributed by atoms with Crippen LogP contribution in [0.1, 0.15) is 88.8 Å². The summed E-state index contributed by atoms with van der Waals surface area (Å²) in [6.45, 7) is 9.36. The molecule has 2 atom stereocenters. The molecular formula is C34H42S4. The Kier molecular flexibility index (Phi) is 9.80. The van der Waals surface area contributed by atoms with Gasteiger partial charge in [0.25, 0.3) is 0 Å². The van der Waals surface area contributed by atoms with E-state index in [2.05, 4.69) is 75.5 Å². The van der Waals surface area contributed by atoms with Crippen LogP contribution in [0, 0.1) is 11.8 Å². The number of rotatable bonds is 14. The summed E-state index contributed by atoms with van der Waals surface area (Å²) in [5.74, 6) is 1.62. The molecule has 4 heterocycles. The monoisotopic (exact) mass is 578 g/mol. The van der Waals surface area contributed by atoms with E-state index in [9.17, 15) is 0 Å². The second-order valence-electron chi connectivity index (χ2n) is 10.9. The van der Waals surface area contributed by atoms with E-state index in [1.807, 2.05) is 45.3 Å². The summed E-state index contributed by atoms with van der Waals surface area (Å²) in [6, 6.07) is 16.8. The van der Waals surface area contributed by atoms with Crippen LogP contribution >= 0.6 is 45.3 Å². The SMILES string of the molecule is CCCCC(CC)Cc1ccc(-c2sc3cc4ccsc4cc3c2-c2ccc(CC(CC)CCCC)s2)s1. The molecule has 5 rings (SSSR count). The van der Waals surface area contributed by atoms with E-state index in [1.54, 1.807) is 9.75 Å².